The van der Waals surface area contributed by atoms with Crippen molar-refractivity contribution >= 4 is 0 Å². The Balaban J connectivity index is 1.92. The zero-order chi connectivity index (χ0) is 14.3. The number of nitrogens with zero attached hydrogens (tertiary/aromatic N) is 1. The molecule has 2 heteroatoms. The van der Waals surface area contributed by atoms with E-state index < -0.39 is 0 Å². The minimum atomic E-state index is 0.567. The summed E-state index contributed by atoms with van der Waals surface area (Å²) in [7, 11) is 2.14. The average molecular weight is 280 g/mol. The Morgan fingerprint density at radius 2 is 1.75 bits per heavy atom. The van der Waals surface area contributed by atoms with Gasteiger partial charge >= 0.3 is 0 Å². The number of nitrogens with one attached hydrogen (secondary N) is 1. The molecule has 0 radical (unpaired) electrons. The lowest BCUT2D eigenvalue weighted by Gasteiger charge is -2.38. The second kappa shape index (κ2) is 8.38. The number of rotatable bonds is 5. The summed E-state index contributed by atoms with van der Waals surface area (Å²) in [6, 6.07) is 0. The third kappa shape index (κ3) is 4.73. The number of hydrogen-bond acceptors (Lipinski definition) is 2. The van der Waals surface area contributed by atoms with Crippen molar-refractivity contribution in [1.82, 2.24) is 10.2 Å². The lowest BCUT2D eigenvalue weighted by molar-refractivity contribution is 0.130. The molecule has 0 amide bonds. The molecule has 20 heavy (non-hydrogen) atoms. The predicted molar refractivity (Wildman–Crippen MR) is 88.1 cm³/mol. The van der Waals surface area contributed by atoms with Crippen molar-refractivity contribution in [2.45, 2.75) is 71.1 Å². The quantitative estimate of drug-likeness (QED) is 0.764. The highest BCUT2D eigenvalue weighted by Crippen LogP contribution is 2.36. The zero-order valence-electron chi connectivity index (χ0n) is 13.9. The topological polar surface area (TPSA) is 15.3 Å². The van der Waals surface area contributed by atoms with Crippen molar-refractivity contribution in [3.8, 4) is 0 Å². The predicted octanol–water partition coefficient (Wildman–Crippen LogP) is 4.06. The van der Waals surface area contributed by atoms with Gasteiger partial charge in [0.15, 0.2) is 0 Å². The van der Waals surface area contributed by atoms with Crippen LogP contribution in [-0.2, 0) is 0 Å². The van der Waals surface area contributed by atoms with Crippen LogP contribution in [0.5, 0.6) is 0 Å². The van der Waals surface area contributed by atoms with Crippen LogP contribution < -0.4 is 5.32 Å². The van der Waals surface area contributed by atoms with E-state index in [-0.39, 0.29) is 0 Å². The third-order valence-corrected chi connectivity index (χ3v) is 5.79. The fraction of sp³-hybridized carbons (Fsp3) is 1.00. The molecule has 1 saturated carbocycles. The molecule has 1 heterocycles. The van der Waals surface area contributed by atoms with E-state index in [0.717, 1.165) is 5.92 Å². The standard InChI is InChI=1S/C18H36N2/c1-3-17-9-8-13-20(14-10-17)16-18(15-19-2)11-6-4-5-7-12-18/h17,19H,3-16H2,1-2H3. The van der Waals surface area contributed by atoms with E-state index in [9.17, 15) is 0 Å². The van der Waals surface area contributed by atoms with E-state index in [1.165, 1.54) is 90.4 Å². The monoisotopic (exact) mass is 280 g/mol. The van der Waals surface area contributed by atoms with E-state index in [0.29, 0.717) is 5.41 Å². The molecule has 1 atom stereocenters. The summed E-state index contributed by atoms with van der Waals surface area (Å²) < 4.78 is 0. The SMILES string of the molecule is CCC1CCCN(CC2(CNC)CCCCCC2)CC1. The molecule has 1 N–H and O–H groups in total. The summed E-state index contributed by atoms with van der Waals surface area (Å²) in [6.45, 7) is 7.64. The highest BCUT2D eigenvalue weighted by Gasteiger charge is 2.32. The Hall–Kier alpha value is -0.0800. The molecule has 1 saturated heterocycles. The van der Waals surface area contributed by atoms with Gasteiger partial charge in [0.2, 0.25) is 0 Å². The molecule has 2 nitrogen and oxygen atoms in total. The van der Waals surface area contributed by atoms with E-state index in [2.05, 4.69) is 24.2 Å². The smallest absolute Gasteiger partial charge is 0.00501 e. The van der Waals surface area contributed by atoms with Gasteiger partial charge in [-0.1, -0.05) is 39.0 Å². The first-order valence-electron chi connectivity index (χ1n) is 9.15. The highest BCUT2D eigenvalue weighted by atomic mass is 15.1. The first-order valence-corrected chi connectivity index (χ1v) is 9.15. The molecule has 0 spiro atoms. The van der Waals surface area contributed by atoms with Crippen LogP contribution >= 0.6 is 0 Å². The molecule has 1 aliphatic carbocycles. The maximum atomic E-state index is 3.50. The molecule has 0 aromatic carbocycles. The molecule has 1 aliphatic heterocycles. The second-order valence-electron chi connectivity index (χ2n) is 7.43. The summed E-state index contributed by atoms with van der Waals surface area (Å²) in [5, 5.41) is 3.50. The number of hydrogen-bond donors (Lipinski definition) is 1. The summed E-state index contributed by atoms with van der Waals surface area (Å²) in [6.07, 6.45) is 14.4. The molecule has 0 bridgehead atoms. The van der Waals surface area contributed by atoms with Gasteiger partial charge < -0.3 is 10.2 Å². The molecule has 0 aromatic heterocycles. The van der Waals surface area contributed by atoms with Gasteiger partial charge in [0, 0.05) is 13.1 Å². The van der Waals surface area contributed by atoms with Crippen molar-refractivity contribution in [2.24, 2.45) is 11.3 Å². The normalized spacial score (nSPS) is 28.8. The highest BCUT2D eigenvalue weighted by molar-refractivity contribution is 4.87. The van der Waals surface area contributed by atoms with Crippen molar-refractivity contribution in [1.29, 1.82) is 0 Å². The molecular weight excluding hydrogens is 244 g/mol. The molecular formula is C18H36N2. The molecule has 2 aliphatic rings. The van der Waals surface area contributed by atoms with Gasteiger partial charge in [-0.15, -0.1) is 0 Å². The van der Waals surface area contributed by atoms with Crippen molar-refractivity contribution < 1.29 is 0 Å². The second-order valence-corrected chi connectivity index (χ2v) is 7.43. The Morgan fingerprint density at radius 3 is 2.40 bits per heavy atom. The van der Waals surface area contributed by atoms with E-state index in [4.69, 9.17) is 0 Å². The van der Waals surface area contributed by atoms with Crippen molar-refractivity contribution in [3.63, 3.8) is 0 Å². The van der Waals surface area contributed by atoms with Crippen molar-refractivity contribution in [2.75, 3.05) is 33.2 Å². The third-order valence-electron chi connectivity index (χ3n) is 5.79. The first-order chi connectivity index (χ1) is 9.78. The fourth-order valence-electron chi connectivity index (χ4n) is 4.51. The van der Waals surface area contributed by atoms with Gasteiger partial charge in [-0.25, -0.2) is 0 Å². The minimum Gasteiger partial charge on any atom is -0.319 e. The van der Waals surface area contributed by atoms with Crippen LogP contribution in [-0.4, -0.2) is 38.1 Å². The van der Waals surface area contributed by atoms with Crippen molar-refractivity contribution in [3.05, 3.63) is 0 Å². The Labute approximate surface area is 126 Å². The average Bonchev–Trinajstić information content (AvgIpc) is 2.80. The summed E-state index contributed by atoms with van der Waals surface area (Å²) in [5.74, 6) is 0.995. The summed E-state index contributed by atoms with van der Waals surface area (Å²) >= 11 is 0. The van der Waals surface area contributed by atoms with Crippen LogP contribution in [0, 0.1) is 11.3 Å². The van der Waals surface area contributed by atoms with Crippen LogP contribution in [0.25, 0.3) is 0 Å². The summed E-state index contributed by atoms with van der Waals surface area (Å²) in [4.78, 5) is 2.80. The molecule has 0 aromatic rings. The first kappa shape index (κ1) is 16.3. The van der Waals surface area contributed by atoms with Gasteiger partial charge in [0.25, 0.3) is 0 Å². The Kier molecular flexibility index (Phi) is 6.83. The zero-order valence-corrected chi connectivity index (χ0v) is 13.9. The van der Waals surface area contributed by atoms with Crippen LogP contribution in [0.3, 0.4) is 0 Å². The number of likely N-dealkylation sites (tertiary alicyclic amines) is 1. The lowest BCUT2D eigenvalue weighted by Crippen LogP contribution is -2.43. The maximum Gasteiger partial charge on any atom is 0.00501 e. The molecule has 1 unspecified atom stereocenters. The van der Waals surface area contributed by atoms with E-state index in [1.807, 2.05) is 0 Å². The van der Waals surface area contributed by atoms with Crippen LogP contribution in [0.15, 0.2) is 0 Å². The maximum absolute atomic E-state index is 3.50. The van der Waals surface area contributed by atoms with E-state index >= 15 is 0 Å². The van der Waals surface area contributed by atoms with Crippen LogP contribution in [0.2, 0.25) is 0 Å². The lowest BCUT2D eigenvalue weighted by atomic mass is 9.79. The Bertz CT molecular complexity index is 256. The molecule has 2 rings (SSSR count). The molecule has 118 valence electrons. The Morgan fingerprint density at radius 1 is 1.00 bits per heavy atom. The van der Waals surface area contributed by atoms with Crippen LogP contribution in [0.1, 0.15) is 71.1 Å². The van der Waals surface area contributed by atoms with Gasteiger partial charge in [0.05, 0.1) is 0 Å². The van der Waals surface area contributed by atoms with E-state index in [1.54, 1.807) is 0 Å². The molecule has 2 fully saturated rings. The minimum absolute atomic E-state index is 0.567. The van der Waals surface area contributed by atoms with Gasteiger partial charge in [-0.3, -0.25) is 0 Å². The summed E-state index contributed by atoms with van der Waals surface area (Å²) in [5.41, 5.74) is 0.567. The van der Waals surface area contributed by atoms with Gasteiger partial charge in [0.1, 0.15) is 0 Å². The largest absolute Gasteiger partial charge is 0.319 e. The fourth-order valence-corrected chi connectivity index (χ4v) is 4.51. The van der Waals surface area contributed by atoms with Crippen LogP contribution in [0.4, 0.5) is 0 Å². The van der Waals surface area contributed by atoms with Gasteiger partial charge in [-0.2, -0.15) is 0 Å². The van der Waals surface area contributed by atoms with Gasteiger partial charge in [-0.05, 0) is 63.6 Å².